The van der Waals surface area contributed by atoms with Gasteiger partial charge in [0, 0.05) is 11.1 Å². The number of nitrogens with zero attached hydrogens (tertiary/aromatic N) is 1. The number of hydrogen-bond donors (Lipinski definition) is 1. The average Bonchev–Trinajstić information content (AvgIpc) is 2.33. The van der Waals surface area contributed by atoms with E-state index in [1.54, 1.807) is 23.1 Å². The maximum absolute atomic E-state index is 11.9. The molecule has 0 bridgehead atoms. The summed E-state index contributed by atoms with van der Waals surface area (Å²) >= 11 is 5.79. The van der Waals surface area contributed by atoms with Crippen molar-refractivity contribution in [3.8, 4) is 0 Å². The van der Waals surface area contributed by atoms with Gasteiger partial charge >= 0.3 is 0 Å². The van der Waals surface area contributed by atoms with E-state index in [0.717, 1.165) is 5.56 Å². The van der Waals surface area contributed by atoms with Crippen LogP contribution in [0.2, 0.25) is 5.02 Å². The first-order chi connectivity index (χ1) is 8.90. The van der Waals surface area contributed by atoms with Gasteiger partial charge in [0.05, 0.1) is 13.1 Å². The van der Waals surface area contributed by atoms with Crippen LogP contribution in [0, 0.1) is 5.92 Å². The molecular weight excluding hydrogens is 262 g/mol. The standard InChI is InChI=1S/C15H18ClNO2/c1-11(2)15(19)9-17(10-15)14(18)8-5-12-3-6-13(16)7-4-12/h3-8,11,19H,9-10H2,1-2H3. The van der Waals surface area contributed by atoms with Crippen molar-refractivity contribution >= 4 is 23.6 Å². The maximum Gasteiger partial charge on any atom is 0.246 e. The molecule has 0 unspecified atom stereocenters. The van der Waals surface area contributed by atoms with Crippen LogP contribution in [0.4, 0.5) is 0 Å². The van der Waals surface area contributed by atoms with E-state index < -0.39 is 5.60 Å². The van der Waals surface area contributed by atoms with Crippen LogP contribution in [0.25, 0.3) is 6.08 Å². The number of β-amino-alcohol motifs (C(OH)–C–C–N with tert-alkyl or cyclic N) is 1. The Morgan fingerprint density at radius 3 is 2.47 bits per heavy atom. The van der Waals surface area contributed by atoms with Crippen LogP contribution in [0.15, 0.2) is 30.3 Å². The third-order valence-electron chi connectivity index (χ3n) is 3.60. The maximum atomic E-state index is 11.9. The van der Waals surface area contributed by atoms with Crippen LogP contribution in [0.1, 0.15) is 19.4 Å². The first-order valence-corrected chi connectivity index (χ1v) is 6.73. The highest BCUT2D eigenvalue weighted by Crippen LogP contribution is 2.28. The highest BCUT2D eigenvalue weighted by Gasteiger charge is 2.45. The second kappa shape index (κ2) is 5.35. The second-order valence-electron chi connectivity index (χ2n) is 5.34. The largest absolute Gasteiger partial charge is 0.386 e. The highest BCUT2D eigenvalue weighted by atomic mass is 35.5. The van der Waals surface area contributed by atoms with Crippen molar-refractivity contribution in [3.05, 3.63) is 40.9 Å². The number of amides is 1. The summed E-state index contributed by atoms with van der Waals surface area (Å²) in [6, 6.07) is 7.28. The van der Waals surface area contributed by atoms with Crippen LogP contribution >= 0.6 is 11.6 Å². The molecule has 0 spiro atoms. The Kier molecular flexibility index (Phi) is 3.97. The van der Waals surface area contributed by atoms with Crippen LogP contribution in [-0.2, 0) is 4.79 Å². The zero-order chi connectivity index (χ0) is 14.0. The summed E-state index contributed by atoms with van der Waals surface area (Å²) in [6.45, 7) is 4.75. The molecule has 3 nitrogen and oxygen atoms in total. The second-order valence-corrected chi connectivity index (χ2v) is 5.77. The van der Waals surface area contributed by atoms with Crippen molar-refractivity contribution < 1.29 is 9.90 Å². The Hall–Kier alpha value is -1.32. The topological polar surface area (TPSA) is 40.5 Å². The fourth-order valence-corrected chi connectivity index (χ4v) is 2.11. The molecular formula is C15H18ClNO2. The highest BCUT2D eigenvalue weighted by molar-refractivity contribution is 6.30. The molecule has 1 saturated heterocycles. The molecule has 1 aromatic carbocycles. The molecule has 2 rings (SSSR count). The minimum Gasteiger partial charge on any atom is -0.386 e. The number of carbonyl (C=O) groups excluding carboxylic acids is 1. The lowest BCUT2D eigenvalue weighted by Gasteiger charge is -2.48. The SMILES string of the molecule is CC(C)C1(O)CN(C(=O)C=Cc2ccc(Cl)cc2)C1. The summed E-state index contributed by atoms with van der Waals surface area (Å²) in [5.41, 5.74) is 0.210. The number of rotatable bonds is 3. The molecule has 0 aliphatic carbocycles. The Morgan fingerprint density at radius 2 is 1.95 bits per heavy atom. The predicted octanol–water partition coefficient (Wildman–Crippen LogP) is 2.58. The zero-order valence-electron chi connectivity index (χ0n) is 11.1. The lowest BCUT2D eigenvalue weighted by Crippen LogP contribution is -2.65. The third kappa shape index (κ3) is 3.17. The Morgan fingerprint density at radius 1 is 1.37 bits per heavy atom. The smallest absolute Gasteiger partial charge is 0.246 e. The number of carbonyl (C=O) groups is 1. The molecule has 1 N–H and O–H groups in total. The number of likely N-dealkylation sites (tertiary alicyclic amines) is 1. The van der Waals surface area contributed by atoms with E-state index in [2.05, 4.69) is 0 Å². The molecule has 1 fully saturated rings. The summed E-state index contributed by atoms with van der Waals surface area (Å²) in [7, 11) is 0. The molecule has 1 amide bonds. The lowest BCUT2D eigenvalue weighted by molar-refractivity contribution is -0.158. The van der Waals surface area contributed by atoms with Gasteiger partial charge in [-0.05, 0) is 29.7 Å². The van der Waals surface area contributed by atoms with Crippen molar-refractivity contribution in [1.82, 2.24) is 4.90 Å². The van der Waals surface area contributed by atoms with Crippen molar-refractivity contribution in [2.75, 3.05) is 13.1 Å². The van der Waals surface area contributed by atoms with Gasteiger partial charge in [-0.1, -0.05) is 37.6 Å². The third-order valence-corrected chi connectivity index (χ3v) is 3.86. The number of aliphatic hydroxyl groups is 1. The molecule has 1 aliphatic rings. The number of benzene rings is 1. The molecule has 1 aromatic rings. The number of hydrogen-bond acceptors (Lipinski definition) is 2. The van der Waals surface area contributed by atoms with E-state index in [9.17, 15) is 9.90 Å². The van der Waals surface area contributed by atoms with Crippen LogP contribution in [0.5, 0.6) is 0 Å². The van der Waals surface area contributed by atoms with Crippen molar-refractivity contribution in [2.45, 2.75) is 19.4 Å². The lowest BCUT2D eigenvalue weighted by atomic mass is 9.83. The Balaban J connectivity index is 1.91. The van der Waals surface area contributed by atoms with E-state index in [0.29, 0.717) is 18.1 Å². The van der Waals surface area contributed by atoms with Gasteiger partial charge in [-0.2, -0.15) is 0 Å². The van der Waals surface area contributed by atoms with Crippen molar-refractivity contribution in [1.29, 1.82) is 0 Å². The van der Waals surface area contributed by atoms with Crippen LogP contribution < -0.4 is 0 Å². The molecule has 0 atom stereocenters. The van der Waals surface area contributed by atoms with Gasteiger partial charge < -0.3 is 10.0 Å². The summed E-state index contributed by atoms with van der Waals surface area (Å²) in [6.07, 6.45) is 3.29. The number of halogens is 1. The van der Waals surface area contributed by atoms with E-state index in [1.165, 1.54) is 6.08 Å². The van der Waals surface area contributed by atoms with Gasteiger partial charge in [0.15, 0.2) is 0 Å². The first-order valence-electron chi connectivity index (χ1n) is 6.36. The molecule has 1 heterocycles. The van der Waals surface area contributed by atoms with Crippen LogP contribution in [0.3, 0.4) is 0 Å². The molecule has 0 saturated carbocycles. The molecule has 1 aliphatic heterocycles. The van der Waals surface area contributed by atoms with E-state index >= 15 is 0 Å². The minimum atomic E-state index is -0.718. The van der Waals surface area contributed by atoms with Gasteiger partial charge in [-0.15, -0.1) is 0 Å². The summed E-state index contributed by atoms with van der Waals surface area (Å²) in [5.74, 6) is 0.0945. The van der Waals surface area contributed by atoms with Crippen LogP contribution in [-0.4, -0.2) is 34.6 Å². The molecule has 102 valence electrons. The summed E-state index contributed by atoms with van der Waals surface area (Å²) in [4.78, 5) is 13.5. The zero-order valence-corrected chi connectivity index (χ0v) is 11.9. The molecule has 0 radical (unpaired) electrons. The fourth-order valence-electron chi connectivity index (χ4n) is 1.98. The van der Waals surface area contributed by atoms with Gasteiger partial charge in [0.2, 0.25) is 5.91 Å². The van der Waals surface area contributed by atoms with Gasteiger partial charge in [-0.3, -0.25) is 4.79 Å². The minimum absolute atomic E-state index is 0.0692. The van der Waals surface area contributed by atoms with E-state index in [4.69, 9.17) is 11.6 Å². The average molecular weight is 280 g/mol. The van der Waals surface area contributed by atoms with Gasteiger partial charge in [-0.25, -0.2) is 0 Å². The molecule has 19 heavy (non-hydrogen) atoms. The monoisotopic (exact) mass is 279 g/mol. The first kappa shape index (κ1) is 14.1. The van der Waals surface area contributed by atoms with Crippen molar-refractivity contribution in [2.24, 2.45) is 5.92 Å². The van der Waals surface area contributed by atoms with E-state index in [-0.39, 0.29) is 11.8 Å². The molecule has 4 heteroatoms. The quantitative estimate of drug-likeness (QED) is 0.864. The van der Waals surface area contributed by atoms with Gasteiger partial charge in [0.1, 0.15) is 5.60 Å². The Bertz CT molecular complexity index is 487. The predicted molar refractivity (Wildman–Crippen MR) is 76.9 cm³/mol. The van der Waals surface area contributed by atoms with E-state index in [1.807, 2.05) is 26.0 Å². The summed E-state index contributed by atoms with van der Waals surface area (Å²) in [5, 5.41) is 10.8. The van der Waals surface area contributed by atoms with Crippen molar-refractivity contribution in [3.63, 3.8) is 0 Å². The molecule has 0 aromatic heterocycles. The van der Waals surface area contributed by atoms with Gasteiger partial charge in [0.25, 0.3) is 0 Å². The fraction of sp³-hybridized carbons (Fsp3) is 0.400. The normalized spacial score (nSPS) is 17.8. The summed E-state index contributed by atoms with van der Waals surface area (Å²) < 4.78 is 0. The Labute approximate surface area is 118 Å².